The summed E-state index contributed by atoms with van der Waals surface area (Å²) in [6.45, 7) is 11.7. The fraction of sp³-hybridized carbons (Fsp3) is 0.788. The van der Waals surface area contributed by atoms with E-state index in [9.17, 15) is 4.79 Å². The summed E-state index contributed by atoms with van der Waals surface area (Å²) in [5.41, 5.74) is 1.52. The van der Waals surface area contributed by atoms with E-state index in [1.807, 2.05) is 12.1 Å². The number of unbranched alkanes of at least 4 members (excludes halogenated alkanes) is 4. The zero-order valence-corrected chi connectivity index (χ0v) is 29.6. The Bertz CT molecular complexity index is 760. The average molecular weight is 756 g/mol. The Balaban J connectivity index is 1.72. The molecule has 0 aromatic heterocycles. The molecule has 12 heteroatoms. The third-order valence-electron chi connectivity index (χ3n) is 6.22. The number of rotatable bonds is 35. The number of alkyl halides is 1. The van der Waals surface area contributed by atoms with Gasteiger partial charge in [0.15, 0.2) is 0 Å². The van der Waals surface area contributed by atoms with Crippen molar-refractivity contribution in [1.29, 1.82) is 0 Å². The van der Waals surface area contributed by atoms with Crippen molar-refractivity contribution >= 4 is 34.2 Å². The molecule has 0 aliphatic carbocycles. The summed E-state index contributed by atoms with van der Waals surface area (Å²) in [4.78, 5) is 12.1. The van der Waals surface area contributed by atoms with Gasteiger partial charge in [0.05, 0.1) is 105 Å². The Morgan fingerprint density at radius 2 is 0.933 bits per heavy atom. The maximum Gasteiger partial charge on any atom is 0.338 e. The first-order valence-corrected chi connectivity index (χ1v) is 18.0. The third-order valence-corrected chi connectivity index (χ3v) is 6.98. The van der Waals surface area contributed by atoms with Gasteiger partial charge >= 0.3 is 5.97 Å². The first kappa shape index (κ1) is 41.9. The van der Waals surface area contributed by atoms with Crippen LogP contribution in [-0.2, 0) is 42.6 Å². The Morgan fingerprint density at radius 1 is 0.533 bits per heavy atom. The van der Waals surface area contributed by atoms with E-state index in [0.717, 1.165) is 38.1 Å². The summed E-state index contributed by atoms with van der Waals surface area (Å²) in [6.07, 6.45) is 7.22. The van der Waals surface area contributed by atoms with Gasteiger partial charge in [-0.3, -0.25) is 0 Å². The minimum atomic E-state index is -0.356. The summed E-state index contributed by atoms with van der Waals surface area (Å²) in [5.74, 6) is -0.356. The van der Waals surface area contributed by atoms with E-state index < -0.39 is 0 Å². The van der Waals surface area contributed by atoms with Crippen LogP contribution in [0, 0.1) is 0 Å². The highest BCUT2D eigenvalue weighted by Crippen LogP contribution is 2.11. The highest BCUT2D eigenvalue weighted by molar-refractivity contribution is 14.1. The molecule has 0 saturated carbocycles. The number of esters is 1. The zero-order chi connectivity index (χ0) is 32.3. The highest BCUT2D eigenvalue weighted by atomic mass is 127. The predicted molar refractivity (Wildman–Crippen MR) is 184 cm³/mol. The van der Waals surface area contributed by atoms with Gasteiger partial charge in [-0.1, -0.05) is 48.8 Å². The molecule has 0 heterocycles. The van der Waals surface area contributed by atoms with E-state index in [0.29, 0.717) is 105 Å². The van der Waals surface area contributed by atoms with Crippen molar-refractivity contribution in [2.24, 2.45) is 0 Å². The Labute approximate surface area is 284 Å². The number of nitrogens with one attached hydrogen (secondary N) is 1. The first-order valence-electron chi connectivity index (χ1n) is 16.5. The van der Waals surface area contributed by atoms with E-state index >= 15 is 0 Å². The minimum Gasteiger partial charge on any atom is -0.460 e. The monoisotopic (exact) mass is 755 g/mol. The van der Waals surface area contributed by atoms with Crippen molar-refractivity contribution in [3.05, 3.63) is 29.8 Å². The van der Waals surface area contributed by atoms with Gasteiger partial charge in [-0.2, -0.15) is 0 Å². The molecule has 0 spiro atoms. The van der Waals surface area contributed by atoms with Crippen molar-refractivity contribution < 1.29 is 47.4 Å². The van der Waals surface area contributed by atoms with Crippen molar-refractivity contribution in [3.63, 3.8) is 0 Å². The number of anilines is 1. The van der Waals surface area contributed by atoms with Crippen molar-refractivity contribution in [2.75, 3.05) is 129 Å². The molecule has 0 saturated heterocycles. The number of halogens is 1. The summed E-state index contributed by atoms with van der Waals surface area (Å²) < 4.78 is 50.4. The maximum absolute atomic E-state index is 12.1. The number of hydrogen-bond donors (Lipinski definition) is 1. The second-order valence-corrected chi connectivity index (χ2v) is 11.1. The van der Waals surface area contributed by atoms with Crippen LogP contribution in [0.25, 0.3) is 0 Å². The molecule has 0 radical (unpaired) electrons. The molecule has 0 aliphatic heterocycles. The van der Waals surface area contributed by atoms with Gasteiger partial charge in [-0.15, -0.1) is 0 Å². The number of ether oxygens (including phenoxy) is 9. The van der Waals surface area contributed by atoms with E-state index in [1.54, 1.807) is 12.1 Å². The van der Waals surface area contributed by atoms with Crippen LogP contribution < -0.4 is 5.32 Å². The zero-order valence-electron chi connectivity index (χ0n) is 27.4. The molecular weight excluding hydrogens is 697 g/mol. The molecule has 0 fully saturated rings. The van der Waals surface area contributed by atoms with Crippen LogP contribution >= 0.6 is 22.6 Å². The van der Waals surface area contributed by atoms with Crippen LogP contribution in [0.1, 0.15) is 55.8 Å². The average Bonchev–Trinajstić information content (AvgIpc) is 3.06. The molecule has 0 bridgehead atoms. The van der Waals surface area contributed by atoms with E-state index in [4.69, 9.17) is 42.6 Å². The second kappa shape index (κ2) is 34.2. The van der Waals surface area contributed by atoms with Gasteiger partial charge in [-0.25, -0.2) is 4.79 Å². The van der Waals surface area contributed by atoms with Crippen LogP contribution in [0.15, 0.2) is 24.3 Å². The summed E-state index contributed by atoms with van der Waals surface area (Å²) >= 11 is 2.42. The largest absolute Gasteiger partial charge is 0.460 e. The van der Waals surface area contributed by atoms with Gasteiger partial charge in [0.1, 0.15) is 6.61 Å². The lowest BCUT2D eigenvalue weighted by atomic mass is 10.2. The van der Waals surface area contributed by atoms with E-state index in [2.05, 4.69) is 34.8 Å². The molecule has 45 heavy (non-hydrogen) atoms. The van der Waals surface area contributed by atoms with Gasteiger partial charge in [0.25, 0.3) is 0 Å². The second-order valence-electron chi connectivity index (χ2n) is 10.00. The summed E-state index contributed by atoms with van der Waals surface area (Å²) in [7, 11) is 0. The number of carbonyl (C=O) groups is 1. The molecule has 1 N–H and O–H groups in total. The molecule has 0 aliphatic rings. The summed E-state index contributed by atoms with van der Waals surface area (Å²) in [5, 5.41) is 3.32. The van der Waals surface area contributed by atoms with Gasteiger partial charge in [0.2, 0.25) is 0 Å². The van der Waals surface area contributed by atoms with Crippen molar-refractivity contribution in [2.45, 2.75) is 45.4 Å². The highest BCUT2D eigenvalue weighted by Gasteiger charge is 2.06. The lowest BCUT2D eigenvalue weighted by Gasteiger charge is -2.09. The van der Waals surface area contributed by atoms with Crippen LogP contribution in [0.4, 0.5) is 5.69 Å². The lowest BCUT2D eigenvalue weighted by molar-refractivity contribution is -0.0244. The standard InChI is InChI=1S/C33H58INO10/c1-2-3-13-35-32-10-8-31(9-11-32)33(36)45-30-29-44-28-27-43-26-25-42-24-23-41-22-21-40-20-19-39-18-17-38-16-15-37-14-7-5-4-6-12-34/h8-11,35H,2-7,12-30H2,1H3. The summed E-state index contributed by atoms with van der Waals surface area (Å²) in [6, 6.07) is 7.30. The van der Waals surface area contributed by atoms with Crippen LogP contribution in [0.5, 0.6) is 0 Å². The first-order chi connectivity index (χ1) is 22.3. The Morgan fingerprint density at radius 3 is 1.36 bits per heavy atom. The molecule has 1 aromatic carbocycles. The molecule has 0 atom stereocenters. The SMILES string of the molecule is CCCCNc1ccc(C(=O)OCCOCCOCCOCCOCCOCCOCCOCCOCCCCCCI)cc1. The minimum absolute atomic E-state index is 0.197. The third kappa shape index (κ3) is 28.8. The van der Waals surface area contributed by atoms with E-state index in [-0.39, 0.29) is 12.6 Å². The van der Waals surface area contributed by atoms with Crippen LogP contribution in [-0.4, -0.2) is 129 Å². The fourth-order valence-electron chi connectivity index (χ4n) is 3.70. The van der Waals surface area contributed by atoms with Gasteiger partial charge in [0, 0.05) is 18.8 Å². The molecule has 0 amide bonds. The molecule has 1 aromatic rings. The Kier molecular flexibility index (Phi) is 31.9. The number of carbonyl (C=O) groups excluding carboxylic acids is 1. The predicted octanol–water partition coefficient (Wildman–Crippen LogP) is 5.18. The van der Waals surface area contributed by atoms with E-state index in [1.165, 1.54) is 23.7 Å². The molecule has 11 nitrogen and oxygen atoms in total. The lowest BCUT2D eigenvalue weighted by Crippen LogP contribution is -2.15. The van der Waals surface area contributed by atoms with Crippen molar-refractivity contribution in [1.82, 2.24) is 0 Å². The fourth-order valence-corrected chi connectivity index (χ4v) is 4.24. The molecule has 0 unspecified atom stereocenters. The molecule has 262 valence electrons. The quantitative estimate of drug-likeness (QED) is 0.0428. The molecular formula is C33H58INO10. The molecule has 1 rings (SSSR count). The number of hydrogen-bond acceptors (Lipinski definition) is 11. The van der Waals surface area contributed by atoms with Crippen molar-refractivity contribution in [3.8, 4) is 0 Å². The maximum atomic E-state index is 12.1. The topological polar surface area (TPSA) is 112 Å². The smallest absolute Gasteiger partial charge is 0.338 e. The van der Waals surface area contributed by atoms with Gasteiger partial charge < -0.3 is 47.9 Å². The number of benzene rings is 1. The van der Waals surface area contributed by atoms with Crippen LogP contribution in [0.3, 0.4) is 0 Å². The Hall–Kier alpha value is -1.10. The van der Waals surface area contributed by atoms with Crippen LogP contribution in [0.2, 0.25) is 0 Å². The normalized spacial score (nSPS) is 11.2. The van der Waals surface area contributed by atoms with Gasteiger partial charge in [-0.05, 0) is 48.0 Å².